The van der Waals surface area contributed by atoms with Gasteiger partial charge in [0.05, 0.1) is 0 Å². The van der Waals surface area contributed by atoms with Gasteiger partial charge in [-0.25, -0.2) is 0 Å². The van der Waals surface area contributed by atoms with Crippen LogP contribution in [-0.4, -0.2) is 15.5 Å². The van der Waals surface area contributed by atoms with E-state index in [1.807, 2.05) is 0 Å². The first kappa shape index (κ1) is 19.9. The molecule has 0 spiro atoms. The van der Waals surface area contributed by atoms with Crippen molar-refractivity contribution in [1.29, 1.82) is 0 Å². The molecular weight excluding hydrogens is 538 g/mol. The van der Waals surface area contributed by atoms with Crippen LogP contribution in [-0.2, 0) is 24.6 Å². The van der Waals surface area contributed by atoms with Gasteiger partial charge in [-0.15, -0.1) is 0 Å². The van der Waals surface area contributed by atoms with Crippen LogP contribution in [0, 0.1) is 0 Å². The van der Waals surface area contributed by atoms with Crippen LogP contribution in [0.3, 0.4) is 0 Å². The van der Waals surface area contributed by atoms with Gasteiger partial charge in [-0.05, 0) is 0 Å². The van der Waals surface area contributed by atoms with Crippen molar-refractivity contribution in [3.63, 3.8) is 0 Å². The van der Waals surface area contributed by atoms with Crippen molar-refractivity contribution in [3.8, 4) is 0 Å². The zero-order valence-electron chi connectivity index (χ0n) is 12.7. The van der Waals surface area contributed by atoms with Crippen LogP contribution in [0.4, 0.5) is 30.7 Å². The summed E-state index contributed by atoms with van der Waals surface area (Å²) in [5, 5.41) is 0. The molecule has 0 amide bonds. The van der Waals surface area contributed by atoms with E-state index in [9.17, 15) is 30.7 Å². The van der Waals surface area contributed by atoms with Gasteiger partial charge < -0.3 is 0 Å². The molecule has 0 atom stereocenters. The summed E-state index contributed by atoms with van der Waals surface area (Å²) in [6, 6.07) is 16.0. The molecule has 8 heteroatoms. The van der Waals surface area contributed by atoms with E-state index in [2.05, 4.69) is 0 Å². The molecule has 0 aliphatic carbocycles. The summed E-state index contributed by atoms with van der Waals surface area (Å²) in [5.41, 5.74) is 1.08. The molecule has 0 unspecified atom stereocenters. The maximum absolute atomic E-state index is 14.0. The number of halogens is 7. The zero-order valence-corrected chi connectivity index (χ0v) is 18.2. The van der Waals surface area contributed by atoms with Crippen molar-refractivity contribution in [3.05, 3.63) is 75.4 Å². The van der Waals surface area contributed by atoms with Gasteiger partial charge in [0.1, 0.15) is 0 Å². The van der Waals surface area contributed by atoms with Gasteiger partial charge in [-0.1, -0.05) is 0 Å². The van der Waals surface area contributed by atoms with Gasteiger partial charge in [0.15, 0.2) is 0 Å². The Morgan fingerprint density at radius 1 is 0.640 bits per heavy atom. The first-order valence-electron chi connectivity index (χ1n) is 7.19. The topological polar surface area (TPSA) is 0 Å². The minimum absolute atomic E-state index is 0.193. The van der Waals surface area contributed by atoms with Gasteiger partial charge in [-0.2, -0.15) is 0 Å². The summed E-state index contributed by atoms with van der Waals surface area (Å²) >= 11 is -4.31. The van der Waals surface area contributed by atoms with Crippen LogP contribution in [0.15, 0.2) is 64.2 Å². The number of benzene rings is 2. The first-order valence-corrected chi connectivity index (χ1v) is 13.1. The van der Waals surface area contributed by atoms with Crippen LogP contribution in [0.25, 0.3) is 5.57 Å². The Bertz CT molecular complexity index is 663. The fraction of sp³-hybridized carbons (Fsp3) is 0.176. The van der Waals surface area contributed by atoms with Gasteiger partial charge in [-0.3, -0.25) is 0 Å². The quantitative estimate of drug-likeness (QED) is 0.327. The van der Waals surface area contributed by atoms with Crippen molar-refractivity contribution < 1.29 is 55.3 Å². The molecule has 0 heterocycles. The molecule has 2 rings (SSSR count). The summed E-state index contributed by atoms with van der Waals surface area (Å²) in [5.74, 6) is 0. The van der Waals surface area contributed by atoms with Crippen molar-refractivity contribution in [2.45, 2.75) is 15.5 Å². The van der Waals surface area contributed by atoms with E-state index in [0.29, 0.717) is 11.1 Å². The Morgan fingerprint density at radius 2 is 1.00 bits per heavy atom. The van der Waals surface area contributed by atoms with Crippen LogP contribution in [0.2, 0.25) is 0 Å². The second-order valence-corrected chi connectivity index (χ2v) is 12.3. The summed E-state index contributed by atoms with van der Waals surface area (Å²) in [4.78, 5) is 0. The number of hydrogen-bond donors (Lipinski definition) is 0. The molecule has 0 saturated heterocycles. The van der Waals surface area contributed by atoms with Gasteiger partial charge in [0.25, 0.3) is 0 Å². The van der Waals surface area contributed by atoms with Gasteiger partial charge >= 0.3 is 152 Å². The predicted molar refractivity (Wildman–Crippen MR) is 75.9 cm³/mol. The molecule has 0 aliphatic heterocycles. The van der Waals surface area contributed by atoms with Crippen LogP contribution < -0.4 is 0 Å². The van der Waals surface area contributed by atoms with E-state index in [1.54, 1.807) is 60.7 Å². The molecule has 0 fully saturated rings. The molecular formula is C17H11F7Hg. The third-order valence-electron chi connectivity index (χ3n) is 3.66. The van der Waals surface area contributed by atoms with E-state index in [-0.39, 0.29) is 5.57 Å². The van der Waals surface area contributed by atoms with E-state index in [0.717, 1.165) is 3.58 Å². The van der Waals surface area contributed by atoms with Gasteiger partial charge in [0, 0.05) is 0 Å². The predicted octanol–water partition coefficient (Wildman–Crippen LogP) is 5.95. The van der Waals surface area contributed by atoms with Crippen molar-refractivity contribution >= 4 is 5.57 Å². The molecule has 0 aliphatic rings. The summed E-state index contributed by atoms with van der Waals surface area (Å²) in [7, 11) is 0. The Hall–Kier alpha value is -1.37. The molecule has 2 aromatic rings. The summed E-state index contributed by atoms with van der Waals surface area (Å²) in [6.45, 7) is 0. The maximum atomic E-state index is 14.0. The van der Waals surface area contributed by atoms with Crippen molar-refractivity contribution in [1.82, 2.24) is 0 Å². The number of hydrogen-bond acceptors (Lipinski definition) is 0. The molecule has 0 nitrogen and oxygen atoms in total. The Labute approximate surface area is 151 Å². The molecule has 0 N–H and O–H groups in total. The van der Waals surface area contributed by atoms with Gasteiger partial charge in [0.2, 0.25) is 0 Å². The molecule has 0 radical (unpaired) electrons. The second-order valence-electron chi connectivity index (χ2n) is 5.35. The fourth-order valence-corrected chi connectivity index (χ4v) is 7.79. The third-order valence-corrected chi connectivity index (χ3v) is 11.3. The zero-order chi connectivity index (χ0) is 18.7. The molecule has 0 aromatic heterocycles. The molecule has 0 bridgehead atoms. The minimum atomic E-state index is -5.97. The fourth-order valence-electron chi connectivity index (χ4n) is 2.27. The van der Waals surface area contributed by atoms with Crippen LogP contribution >= 0.6 is 0 Å². The Morgan fingerprint density at radius 3 is 1.32 bits per heavy atom. The number of rotatable bonds is 4. The standard InChI is InChI=1S/C14H11.C3F7.Hg/c1-12(13-8-4-2-5-9-13)14-10-6-3-7-11-14;4-1(2(5,6)7)3(8,9)10;/h1-11H;;. The van der Waals surface area contributed by atoms with E-state index < -0.39 is 40.1 Å². The normalized spacial score (nSPS) is 12.4. The SMILES string of the molecule is FC(F)(F)[C](F)([Hg][CH]=C(c1ccccc1)c1ccccc1)C(F)(F)F. The van der Waals surface area contributed by atoms with Crippen LogP contribution in [0.1, 0.15) is 11.1 Å². The van der Waals surface area contributed by atoms with Crippen molar-refractivity contribution in [2.24, 2.45) is 0 Å². The van der Waals surface area contributed by atoms with E-state index in [4.69, 9.17) is 0 Å². The van der Waals surface area contributed by atoms with E-state index in [1.165, 1.54) is 0 Å². The van der Waals surface area contributed by atoms with Crippen LogP contribution in [0.5, 0.6) is 0 Å². The summed E-state index contributed by atoms with van der Waals surface area (Å²) < 4.78 is 86.5. The average Bonchev–Trinajstić information content (AvgIpc) is 2.55. The Balaban J connectivity index is 2.51. The number of alkyl halides is 7. The molecule has 2 aromatic carbocycles. The molecule has 0 saturated carbocycles. The molecule has 25 heavy (non-hydrogen) atoms. The Kier molecular flexibility index (Phi) is 5.96. The summed E-state index contributed by atoms with van der Waals surface area (Å²) in [6.07, 6.45) is -11.9. The van der Waals surface area contributed by atoms with E-state index >= 15 is 0 Å². The average molecular weight is 549 g/mol. The molecule has 130 valence electrons. The third kappa shape index (κ3) is 4.43. The first-order chi connectivity index (χ1) is 11.6. The van der Waals surface area contributed by atoms with Crippen molar-refractivity contribution in [2.75, 3.05) is 0 Å². The second kappa shape index (κ2) is 7.47. The monoisotopic (exact) mass is 550 g/mol.